The van der Waals surface area contributed by atoms with Crippen LogP contribution in [0.15, 0.2) is 12.1 Å². The second-order valence-electron chi connectivity index (χ2n) is 6.80. The third-order valence-electron chi connectivity index (χ3n) is 5.12. The third-order valence-corrected chi connectivity index (χ3v) is 5.12. The van der Waals surface area contributed by atoms with Crippen molar-refractivity contribution in [1.82, 2.24) is 5.32 Å². The lowest BCUT2D eigenvalue weighted by atomic mass is 9.81. The van der Waals surface area contributed by atoms with Crippen LogP contribution in [0.3, 0.4) is 0 Å². The first-order chi connectivity index (χ1) is 9.60. The van der Waals surface area contributed by atoms with Gasteiger partial charge < -0.3 is 5.32 Å². The number of aryl methyl sites for hydroxylation is 3. The van der Waals surface area contributed by atoms with Gasteiger partial charge in [-0.3, -0.25) is 0 Å². The average molecular weight is 273 g/mol. The zero-order chi connectivity index (χ0) is 14.5. The summed E-state index contributed by atoms with van der Waals surface area (Å²) in [6.45, 7) is 11.2. The molecule has 0 aromatic heterocycles. The molecule has 112 valence electrons. The summed E-state index contributed by atoms with van der Waals surface area (Å²) in [6.07, 6.45) is 7.13. The van der Waals surface area contributed by atoms with Crippen LogP contribution in [0.2, 0.25) is 0 Å². The van der Waals surface area contributed by atoms with Crippen LogP contribution in [0.1, 0.15) is 61.3 Å². The number of benzene rings is 1. The molecule has 1 aliphatic carbocycles. The summed E-state index contributed by atoms with van der Waals surface area (Å²) in [6, 6.07) is 4.60. The van der Waals surface area contributed by atoms with E-state index in [1.54, 1.807) is 0 Å². The highest BCUT2D eigenvalue weighted by molar-refractivity contribution is 5.37. The Balaban J connectivity index is 1.79. The van der Waals surface area contributed by atoms with Crippen LogP contribution < -0.4 is 5.32 Å². The van der Waals surface area contributed by atoms with E-state index >= 15 is 0 Å². The zero-order valence-corrected chi connectivity index (χ0v) is 13.8. The molecule has 20 heavy (non-hydrogen) atoms. The molecule has 0 atom stereocenters. The minimum absolute atomic E-state index is 0.906. The fourth-order valence-corrected chi connectivity index (χ4v) is 3.73. The highest BCUT2D eigenvalue weighted by Gasteiger charge is 2.19. The molecule has 1 aromatic carbocycles. The molecule has 0 spiro atoms. The second-order valence-corrected chi connectivity index (χ2v) is 6.80. The van der Waals surface area contributed by atoms with E-state index in [1.165, 1.54) is 60.9 Å². The van der Waals surface area contributed by atoms with Gasteiger partial charge >= 0.3 is 0 Å². The maximum atomic E-state index is 3.71. The SMILES string of the molecule is CCC1CCC(CNCc2c(C)cc(C)cc2C)CC1. The van der Waals surface area contributed by atoms with Crippen LogP contribution in [0.25, 0.3) is 0 Å². The topological polar surface area (TPSA) is 12.0 Å². The summed E-state index contributed by atoms with van der Waals surface area (Å²) in [4.78, 5) is 0. The fourth-order valence-electron chi connectivity index (χ4n) is 3.73. The molecule has 1 heteroatoms. The Labute approximate surface area is 125 Å². The van der Waals surface area contributed by atoms with E-state index in [0.717, 1.165) is 18.4 Å². The lowest BCUT2D eigenvalue weighted by molar-refractivity contribution is 0.262. The van der Waals surface area contributed by atoms with Gasteiger partial charge in [-0.05, 0) is 68.7 Å². The van der Waals surface area contributed by atoms with Gasteiger partial charge in [0.1, 0.15) is 0 Å². The van der Waals surface area contributed by atoms with E-state index in [2.05, 4.69) is 45.1 Å². The van der Waals surface area contributed by atoms with Gasteiger partial charge in [-0.25, -0.2) is 0 Å². The predicted molar refractivity (Wildman–Crippen MR) is 88.1 cm³/mol. The summed E-state index contributed by atoms with van der Waals surface area (Å²) in [5.41, 5.74) is 5.74. The molecule has 0 unspecified atom stereocenters. The molecule has 1 nitrogen and oxygen atoms in total. The summed E-state index contributed by atoms with van der Waals surface area (Å²) in [5, 5.41) is 3.71. The van der Waals surface area contributed by atoms with Crippen LogP contribution in [-0.4, -0.2) is 6.54 Å². The van der Waals surface area contributed by atoms with E-state index < -0.39 is 0 Å². The van der Waals surface area contributed by atoms with Gasteiger partial charge in [0.25, 0.3) is 0 Å². The lowest BCUT2D eigenvalue weighted by Crippen LogP contribution is -2.26. The molecule has 0 radical (unpaired) electrons. The molecule has 1 N–H and O–H groups in total. The number of rotatable bonds is 5. The van der Waals surface area contributed by atoms with Crippen molar-refractivity contribution in [2.24, 2.45) is 11.8 Å². The van der Waals surface area contributed by atoms with Gasteiger partial charge in [-0.2, -0.15) is 0 Å². The number of hydrogen-bond donors (Lipinski definition) is 1. The van der Waals surface area contributed by atoms with Gasteiger partial charge in [0.05, 0.1) is 0 Å². The van der Waals surface area contributed by atoms with Crippen molar-refractivity contribution in [3.63, 3.8) is 0 Å². The van der Waals surface area contributed by atoms with Crippen molar-refractivity contribution in [1.29, 1.82) is 0 Å². The number of nitrogens with one attached hydrogen (secondary N) is 1. The quantitative estimate of drug-likeness (QED) is 0.803. The molecule has 0 amide bonds. The van der Waals surface area contributed by atoms with Gasteiger partial charge in [-0.15, -0.1) is 0 Å². The Morgan fingerprint density at radius 2 is 1.50 bits per heavy atom. The first kappa shape index (κ1) is 15.6. The van der Waals surface area contributed by atoms with E-state index in [-0.39, 0.29) is 0 Å². The monoisotopic (exact) mass is 273 g/mol. The Morgan fingerprint density at radius 1 is 0.950 bits per heavy atom. The molecule has 0 saturated heterocycles. The maximum Gasteiger partial charge on any atom is 0.0210 e. The molecule has 0 heterocycles. The molecular weight excluding hydrogens is 242 g/mol. The van der Waals surface area contributed by atoms with Crippen molar-refractivity contribution in [3.05, 3.63) is 34.4 Å². The molecule has 0 aliphatic heterocycles. The predicted octanol–water partition coefficient (Wildman–Crippen LogP) is 4.92. The highest BCUT2D eigenvalue weighted by Crippen LogP contribution is 2.30. The lowest BCUT2D eigenvalue weighted by Gasteiger charge is -2.28. The first-order valence-corrected chi connectivity index (χ1v) is 8.37. The minimum Gasteiger partial charge on any atom is -0.312 e. The molecular formula is C19H31N. The molecule has 1 aromatic rings. The zero-order valence-electron chi connectivity index (χ0n) is 13.8. The summed E-state index contributed by atoms with van der Waals surface area (Å²) >= 11 is 0. The standard InChI is InChI=1S/C19H31N/c1-5-17-6-8-18(9-7-17)12-20-13-19-15(3)10-14(2)11-16(19)4/h10-11,17-18,20H,5-9,12-13H2,1-4H3. The van der Waals surface area contributed by atoms with E-state index in [0.29, 0.717) is 0 Å². The summed E-state index contributed by atoms with van der Waals surface area (Å²) in [5.74, 6) is 1.91. The third kappa shape index (κ3) is 4.09. The normalized spacial score (nSPS) is 23.0. The maximum absolute atomic E-state index is 3.71. The average Bonchev–Trinajstić information content (AvgIpc) is 2.42. The van der Waals surface area contributed by atoms with E-state index in [1.807, 2.05) is 0 Å². The highest BCUT2D eigenvalue weighted by atomic mass is 14.9. The molecule has 1 fully saturated rings. The van der Waals surface area contributed by atoms with Gasteiger partial charge in [0, 0.05) is 6.54 Å². The van der Waals surface area contributed by atoms with Crippen LogP contribution in [-0.2, 0) is 6.54 Å². The van der Waals surface area contributed by atoms with Crippen molar-refractivity contribution in [2.75, 3.05) is 6.54 Å². The Hall–Kier alpha value is -0.820. The largest absolute Gasteiger partial charge is 0.312 e. The Morgan fingerprint density at radius 3 is 2.05 bits per heavy atom. The smallest absolute Gasteiger partial charge is 0.0210 e. The van der Waals surface area contributed by atoms with Gasteiger partial charge in [-0.1, -0.05) is 43.9 Å². The van der Waals surface area contributed by atoms with Crippen molar-refractivity contribution in [3.8, 4) is 0 Å². The van der Waals surface area contributed by atoms with E-state index in [4.69, 9.17) is 0 Å². The van der Waals surface area contributed by atoms with Crippen LogP contribution in [0.4, 0.5) is 0 Å². The van der Waals surface area contributed by atoms with Crippen molar-refractivity contribution >= 4 is 0 Å². The minimum atomic E-state index is 0.906. The van der Waals surface area contributed by atoms with Crippen LogP contribution in [0.5, 0.6) is 0 Å². The van der Waals surface area contributed by atoms with Crippen molar-refractivity contribution < 1.29 is 0 Å². The van der Waals surface area contributed by atoms with Crippen LogP contribution in [0, 0.1) is 32.6 Å². The molecule has 2 rings (SSSR count). The second kappa shape index (κ2) is 7.26. The van der Waals surface area contributed by atoms with Gasteiger partial charge in [0.15, 0.2) is 0 Å². The van der Waals surface area contributed by atoms with E-state index in [9.17, 15) is 0 Å². The Bertz CT molecular complexity index is 404. The fraction of sp³-hybridized carbons (Fsp3) is 0.684. The Kier molecular flexibility index (Phi) is 5.65. The van der Waals surface area contributed by atoms with Crippen LogP contribution >= 0.6 is 0 Å². The van der Waals surface area contributed by atoms with Gasteiger partial charge in [0.2, 0.25) is 0 Å². The first-order valence-electron chi connectivity index (χ1n) is 8.37. The summed E-state index contributed by atoms with van der Waals surface area (Å²) < 4.78 is 0. The molecule has 1 saturated carbocycles. The molecule has 0 bridgehead atoms. The molecule has 1 aliphatic rings. The van der Waals surface area contributed by atoms with Crippen molar-refractivity contribution in [2.45, 2.75) is 66.3 Å². The summed E-state index contributed by atoms with van der Waals surface area (Å²) in [7, 11) is 0. The number of hydrogen-bond acceptors (Lipinski definition) is 1.